The summed E-state index contributed by atoms with van der Waals surface area (Å²) in [5.74, 6) is 0.463. The van der Waals surface area contributed by atoms with Crippen LogP contribution in [-0.4, -0.2) is 30.8 Å². The highest BCUT2D eigenvalue weighted by molar-refractivity contribution is 5.81. The van der Waals surface area contributed by atoms with Crippen molar-refractivity contribution in [2.45, 2.75) is 25.3 Å². The molecule has 110 valence electrons. The highest BCUT2D eigenvalue weighted by Gasteiger charge is 2.48. The van der Waals surface area contributed by atoms with Crippen LogP contribution < -0.4 is 9.64 Å². The van der Waals surface area contributed by atoms with Crippen molar-refractivity contribution in [2.75, 3.05) is 18.6 Å². The number of hydrogen-bond acceptors (Lipinski definition) is 4. The third kappa shape index (κ3) is 2.21. The Kier molecular flexibility index (Phi) is 3.46. The molecule has 3 unspecified atom stereocenters. The number of nitriles is 1. The number of ether oxygens (including phenoxy) is 1. The predicted molar refractivity (Wildman–Crippen MR) is 77.3 cm³/mol. The largest absolute Gasteiger partial charge is 0.497 e. The molecule has 0 amide bonds. The van der Waals surface area contributed by atoms with Crippen molar-refractivity contribution in [3.8, 4) is 11.8 Å². The summed E-state index contributed by atoms with van der Waals surface area (Å²) in [6, 6.07) is 6.83. The molecule has 1 saturated carbocycles. The Labute approximate surface area is 123 Å². The molecule has 5 heteroatoms. The van der Waals surface area contributed by atoms with E-state index in [1.54, 1.807) is 25.3 Å². The highest BCUT2D eigenvalue weighted by atomic mass is 16.5. The molecular weight excluding hydrogens is 268 g/mol. The van der Waals surface area contributed by atoms with Crippen LogP contribution in [0.4, 0.5) is 5.69 Å². The van der Waals surface area contributed by atoms with Gasteiger partial charge in [0.2, 0.25) is 0 Å². The molecule has 0 radical (unpaired) electrons. The Morgan fingerprint density at radius 1 is 1.48 bits per heavy atom. The zero-order valence-corrected chi connectivity index (χ0v) is 12.0. The third-order valence-electron chi connectivity index (χ3n) is 4.78. The minimum Gasteiger partial charge on any atom is -0.497 e. The second kappa shape index (κ2) is 5.28. The highest BCUT2D eigenvalue weighted by Crippen LogP contribution is 2.45. The van der Waals surface area contributed by atoms with Crippen LogP contribution in [-0.2, 0) is 4.79 Å². The van der Waals surface area contributed by atoms with Crippen LogP contribution in [0.2, 0.25) is 0 Å². The number of hydrogen-bond donors (Lipinski definition) is 1. The van der Waals surface area contributed by atoms with E-state index in [1.807, 2.05) is 4.90 Å². The molecule has 1 N–H and O–H groups in total. The summed E-state index contributed by atoms with van der Waals surface area (Å²) in [7, 11) is 1.57. The first-order chi connectivity index (χ1) is 10.2. The van der Waals surface area contributed by atoms with E-state index in [1.165, 1.54) is 0 Å². The number of carboxylic acid groups (broad SMARTS) is 1. The molecule has 1 aliphatic heterocycles. The molecule has 0 aromatic heterocycles. The summed E-state index contributed by atoms with van der Waals surface area (Å²) in [6.45, 7) is 0.712. The number of methoxy groups -OCH3 is 1. The van der Waals surface area contributed by atoms with Gasteiger partial charge in [-0.3, -0.25) is 0 Å². The summed E-state index contributed by atoms with van der Waals surface area (Å²) < 4.78 is 5.22. The predicted octanol–water partition coefficient (Wildman–Crippen LogP) is 2.26. The molecule has 1 aliphatic carbocycles. The molecule has 5 nitrogen and oxygen atoms in total. The van der Waals surface area contributed by atoms with Crippen molar-refractivity contribution < 1.29 is 14.6 Å². The lowest BCUT2D eigenvalue weighted by Crippen LogP contribution is -2.40. The van der Waals surface area contributed by atoms with E-state index in [0.717, 1.165) is 19.3 Å². The molecule has 3 rings (SSSR count). The molecule has 0 bridgehead atoms. The minimum atomic E-state index is -0.795. The van der Waals surface area contributed by atoms with Crippen LogP contribution >= 0.6 is 0 Å². The lowest BCUT2D eigenvalue weighted by molar-refractivity contribution is -0.139. The lowest BCUT2D eigenvalue weighted by Gasteiger charge is -2.27. The number of benzene rings is 1. The Morgan fingerprint density at radius 3 is 2.95 bits per heavy atom. The first-order valence-electron chi connectivity index (χ1n) is 7.23. The lowest BCUT2D eigenvalue weighted by atomic mass is 9.94. The molecule has 1 aromatic carbocycles. The van der Waals surface area contributed by atoms with Crippen molar-refractivity contribution in [2.24, 2.45) is 11.8 Å². The van der Waals surface area contributed by atoms with Crippen molar-refractivity contribution in [3.63, 3.8) is 0 Å². The Balaban J connectivity index is 2.03. The maximum atomic E-state index is 11.7. The van der Waals surface area contributed by atoms with Crippen LogP contribution in [0.3, 0.4) is 0 Å². The number of carbonyl (C=O) groups is 1. The number of carboxylic acids is 1. The molecule has 0 spiro atoms. The quantitative estimate of drug-likeness (QED) is 0.922. The summed E-state index contributed by atoms with van der Waals surface area (Å²) in [6.07, 6.45) is 3.15. The van der Waals surface area contributed by atoms with Crippen LogP contribution in [0.15, 0.2) is 18.2 Å². The van der Waals surface area contributed by atoms with Gasteiger partial charge in [-0.1, -0.05) is 6.42 Å². The molecule has 3 atom stereocenters. The standard InChI is InChI=1S/C16H18N2O3/c1-21-12-6-5-10(8-17)14(7-12)18-9-11-3-2-4-13(11)15(18)16(19)20/h5-7,11,13,15H,2-4,9H2,1H3,(H,19,20). The summed E-state index contributed by atoms with van der Waals surface area (Å²) in [5.41, 5.74) is 1.18. The number of rotatable bonds is 3. The van der Waals surface area contributed by atoms with Crippen molar-refractivity contribution in [1.29, 1.82) is 5.26 Å². The van der Waals surface area contributed by atoms with Crippen molar-refractivity contribution in [3.05, 3.63) is 23.8 Å². The van der Waals surface area contributed by atoms with E-state index in [9.17, 15) is 15.2 Å². The Bertz CT molecular complexity index is 608. The Hall–Kier alpha value is -2.22. The van der Waals surface area contributed by atoms with Gasteiger partial charge in [-0.2, -0.15) is 5.26 Å². The van der Waals surface area contributed by atoms with Gasteiger partial charge in [0, 0.05) is 12.6 Å². The zero-order valence-electron chi connectivity index (χ0n) is 12.0. The first-order valence-corrected chi connectivity index (χ1v) is 7.23. The van der Waals surface area contributed by atoms with Crippen LogP contribution in [0.1, 0.15) is 24.8 Å². The van der Waals surface area contributed by atoms with Gasteiger partial charge in [-0.25, -0.2) is 4.79 Å². The normalized spacial score (nSPS) is 27.2. The fourth-order valence-corrected chi connectivity index (χ4v) is 3.84. The van der Waals surface area contributed by atoms with Gasteiger partial charge in [-0.05, 0) is 36.8 Å². The molecule has 2 fully saturated rings. The van der Waals surface area contributed by atoms with Gasteiger partial charge >= 0.3 is 5.97 Å². The second-order valence-electron chi connectivity index (χ2n) is 5.79. The SMILES string of the molecule is COc1ccc(C#N)c(N2CC3CCCC3C2C(=O)O)c1. The van der Waals surface area contributed by atoms with E-state index < -0.39 is 12.0 Å². The van der Waals surface area contributed by atoms with E-state index in [-0.39, 0.29) is 5.92 Å². The van der Waals surface area contributed by atoms with E-state index in [4.69, 9.17) is 4.74 Å². The average molecular weight is 286 g/mol. The summed E-state index contributed by atoms with van der Waals surface area (Å²) in [4.78, 5) is 13.6. The number of nitrogens with zero attached hydrogens (tertiary/aromatic N) is 2. The zero-order chi connectivity index (χ0) is 15.0. The molecule has 1 aromatic rings. The molecule has 21 heavy (non-hydrogen) atoms. The van der Waals surface area contributed by atoms with E-state index in [0.29, 0.717) is 29.5 Å². The van der Waals surface area contributed by atoms with E-state index in [2.05, 4.69) is 6.07 Å². The smallest absolute Gasteiger partial charge is 0.326 e. The average Bonchev–Trinajstić information content (AvgIpc) is 3.06. The number of anilines is 1. The van der Waals surface area contributed by atoms with E-state index >= 15 is 0 Å². The fourth-order valence-electron chi connectivity index (χ4n) is 3.84. The van der Waals surface area contributed by atoms with Gasteiger partial charge in [0.05, 0.1) is 18.4 Å². The van der Waals surface area contributed by atoms with Gasteiger partial charge in [-0.15, -0.1) is 0 Å². The number of fused-ring (bicyclic) bond motifs is 1. The van der Waals surface area contributed by atoms with Crippen LogP contribution in [0.5, 0.6) is 5.75 Å². The van der Waals surface area contributed by atoms with Gasteiger partial charge in [0.25, 0.3) is 0 Å². The van der Waals surface area contributed by atoms with Crippen molar-refractivity contribution >= 4 is 11.7 Å². The maximum absolute atomic E-state index is 11.7. The second-order valence-corrected chi connectivity index (χ2v) is 5.79. The molecular formula is C16H18N2O3. The minimum absolute atomic E-state index is 0.195. The first kappa shape index (κ1) is 13.7. The van der Waals surface area contributed by atoms with Crippen LogP contribution in [0, 0.1) is 23.2 Å². The van der Waals surface area contributed by atoms with Crippen LogP contribution in [0.25, 0.3) is 0 Å². The topological polar surface area (TPSA) is 73.6 Å². The maximum Gasteiger partial charge on any atom is 0.326 e. The number of aliphatic carboxylic acids is 1. The monoisotopic (exact) mass is 286 g/mol. The summed E-state index contributed by atoms with van der Waals surface area (Å²) in [5, 5.41) is 18.9. The fraction of sp³-hybridized carbons (Fsp3) is 0.500. The van der Waals surface area contributed by atoms with Gasteiger partial charge < -0.3 is 14.7 Å². The van der Waals surface area contributed by atoms with Gasteiger partial charge in [0.15, 0.2) is 0 Å². The third-order valence-corrected chi connectivity index (χ3v) is 4.78. The van der Waals surface area contributed by atoms with Crippen molar-refractivity contribution in [1.82, 2.24) is 0 Å². The van der Waals surface area contributed by atoms with Gasteiger partial charge in [0.1, 0.15) is 17.9 Å². The molecule has 2 aliphatic rings. The summed E-state index contributed by atoms with van der Waals surface area (Å²) >= 11 is 0. The Morgan fingerprint density at radius 2 is 2.29 bits per heavy atom. The molecule has 1 saturated heterocycles. The molecule has 1 heterocycles.